The van der Waals surface area contributed by atoms with E-state index in [1.807, 2.05) is 0 Å². The maximum atomic E-state index is 5.62. The number of ether oxygens (including phenoxy) is 1. The molecule has 0 N–H and O–H groups in total. The second-order valence-electron chi connectivity index (χ2n) is 5.45. The van der Waals surface area contributed by atoms with Crippen molar-refractivity contribution in [3.8, 4) is 17.0 Å². The van der Waals surface area contributed by atoms with Crippen molar-refractivity contribution in [1.82, 2.24) is 9.55 Å². The van der Waals surface area contributed by atoms with Crippen LogP contribution in [0.1, 0.15) is 29.7 Å². The largest absolute Gasteiger partial charge is 0.496 e. The predicted molar refractivity (Wildman–Crippen MR) is 84.3 cm³/mol. The average Bonchev–Trinajstić information content (AvgIpc) is 2.76. The van der Waals surface area contributed by atoms with Crippen LogP contribution in [0, 0.1) is 13.8 Å². The van der Waals surface area contributed by atoms with Gasteiger partial charge in [0.2, 0.25) is 0 Å². The van der Waals surface area contributed by atoms with Crippen molar-refractivity contribution in [2.75, 3.05) is 7.11 Å². The molecule has 0 unspecified atom stereocenters. The first kappa shape index (κ1) is 13.7. The van der Waals surface area contributed by atoms with E-state index in [0.29, 0.717) is 0 Å². The molecule has 0 bridgehead atoms. The molecule has 3 nitrogen and oxygen atoms in total. The lowest BCUT2D eigenvalue weighted by molar-refractivity contribution is 0.413. The van der Waals surface area contributed by atoms with Gasteiger partial charge in [0, 0.05) is 17.8 Å². The molecule has 0 atom stereocenters. The van der Waals surface area contributed by atoms with Gasteiger partial charge in [0.25, 0.3) is 0 Å². The summed E-state index contributed by atoms with van der Waals surface area (Å²) in [6.07, 6.45) is 3.55. The highest BCUT2D eigenvalue weighted by Gasteiger charge is 2.22. The molecule has 1 aliphatic heterocycles. The topological polar surface area (TPSA) is 27.1 Å². The smallest absolute Gasteiger partial charge is 0.177 e. The zero-order valence-electron chi connectivity index (χ0n) is 12.2. The van der Waals surface area contributed by atoms with Gasteiger partial charge in [0.05, 0.1) is 12.8 Å². The molecule has 0 amide bonds. The molecule has 0 aliphatic carbocycles. The molecule has 1 aromatic carbocycles. The highest BCUT2D eigenvalue weighted by atomic mass is 79.9. The quantitative estimate of drug-likeness (QED) is 0.819. The summed E-state index contributed by atoms with van der Waals surface area (Å²) in [6, 6.07) is 4.33. The molecule has 0 spiro atoms. The fourth-order valence-electron chi connectivity index (χ4n) is 3.12. The Morgan fingerprint density at radius 1 is 1.25 bits per heavy atom. The molecule has 2 aromatic rings. The van der Waals surface area contributed by atoms with Crippen molar-refractivity contribution in [2.24, 2.45) is 0 Å². The Labute approximate surface area is 128 Å². The Morgan fingerprint density at radius 3 is 2.80 bits per heavy atom. The predicted octanol–water partition coefficient (Wildman–Crippen LogP) is 4.27. The van der Waals surface area contributed by atoms with Gasteiger partial charge in [-0.05, 0) is 66.2 Å². The summed E-state index contributed by atoms with van der Waals surface area (Å²) in [5, 5.41) is 0. The molecular weight excluding hydrogens is 316 g/mol. The van der Waals surface area contributed by atoms with Gasteiger partial charge in [-0.2, -0.15) is 0 Å². The zero-order chi connectivity index (χ0) is 14.3. The lowest BCUT2D eigenvalue weighted by Gasteiger charge is -2.17. The van der Waals surface area contributed by atoms with Crippen LogP contribution in [-0.4, -0.2) is 16.7 Å². The molecule has 1 aliphatic rings. The van der Waals surface area contributed by atoms with Crippen LogP contribution in [0.25, 0.3) is 11.3 Å². The summed E-state index contributed by atoms with van der Waals surface area (Å²) in [4.78, 5) is 4.75. The van der Waals surface area contributed by atoms with Gasteiger partial charge >= 0.3 is 0 Å². The number of hydrogen-bond acceptors (Lipinski definition) is 2. The zero-order valence-corrected chi connectivity index (χ0v) is 13.7. The molecule has 3 rings (SSSR count). The van der Waals surface area contributed by atoms with Crippen LogP contribution >= 0.6 is 15.9 Å². The lowest BCUT2D eigenvalue weighted by Crippen LogP contribution is -2.10. The van der Waals surface area contributed by atoms with Crippen molar-refractivity contribution in [3.63, 3.8) is 0 Å². The Hall–Kier alpha value is -1.29. The third-order valence-electron chi connectivity index (χ3n) is 3.95. The minimum atomic E-state index is 0.934. The third kappa shape index (κ3) is 2.16. The molecule has 2 heterocycles. The van der Waals surface area contributed by atoms with Gasteiger partial charge in [-0.1, -0.05) is 6.07 Å². The number of aromatic nitrogens is 2. The van der Waals surface area contributed by atoms with Crippen molar-refractivity contribution in [3.05, 3.63) is 33.7 Å². The maximum absolute atomic E-state index is 5.62. The van der Waals surface area contributed by atoms with Gasteiger partial charge in [-0.3, -0.25) is 0 Å². The number of halogens is 1. The summed E-state index contributed by atoms with van der Waals surface area (Å²) in [6.45, 7) is 5.26. The maximum Gasteiger partial charge on any atom is 0.177 e. The average molecular weight is 335 g/mol. The first-order valence-electron chi connectivity index (χ1n) is 7.02. The van der Waals surface area contributed by atoms with Crippen molar-refractivity contribution < 1.29 is 4.74 Å². The molecular formula is C16H19BrN2O. The standard InChI is InChI=1S/C16H19BrN2O/c1-10-8-11(2)15(20-3)12(9-10)14-13-6-4-5-7-19(13)16(17)18-14/h8-9H,4-7H2,1-3H3. The van der Waals surface area contributed by atoms with E-state index in [2.05, 4.69) is 46.5 Å². The number of methoxy groups -OCH3 is 1. The van der Waals surface area contributed by atoms with Gasteiger partial charge in [-0.15, -0.1) is 0 Å². The second kappa shape index (κ2) is 5.24. The van der Waals surface area contributed by atoms with Crippen molar-refractivity contribution in [1.29, 1.82) is 0 Å². The Morgan fingerprint density at radius 2 is 2.05 bits per heavy atom. The molecule has 20 heavy (non-hydrogen) atoms. The van der Waals surface area contributed by atoms with Crippen LogP contribution in [0.3, 0.4) is 0 Å². The van der Waals surface area contributed by atoms with E-state index in [-0.39, 0.29) is 0 Å². The monoisotopic (exact) mass is 334 g/mol. The normalized spacial score (nSPS) is 14.2. The summed E-state index contributed by atoms with van der Waals surface area (Å²) in [5.41, 5.74) is 5.91. The first-order valence-corrected chi connectivity index (χ1v) is 7.81. The Kier molecular flexibility index (Phi) is 3.59. The SMILES string of the molecule is COc1c(C)cc(C)cc1-c1nc(Br)n2c1CCCC2. The lowest BCUT2D eigenvalue weighted by atomic mass is 9.99. The fraction of sp³-hybridized carbons (Fsp3) is 0.438. The van der Waals surface area contributed by atoms with E-state index in [1.54, 1.807) is 7.11 Å². The Balaban J connectivity index is 2.24. The molecule has 0 radical (unpaired) electrons. The van der Waals surface area contributed by atoms with Crippen LogP contribution in [0.5, 0.6) is 5.75 Å². The number of aryl methyl sites for hydroxylation is 2. The number of hydrogen-bond donors (Lipinski definition) is 0. The van der Waals surface area contributed by atoms with E-state index >= 15 is 0 Å². The molecule has 0 saturated carbocycles. The van der Waals surface area contributed by atoms with E-state index in [0.717, 1.165) is 40.3 Å². The van der Waals surface area contributed by atoms with Crippen molar-refractivity contribution in [2.45, 2.75) is 39.7 Å². The number of nitrogens with zero attached hydrogens (tertiary/aromatic N) is 2. The van der Waals surface area contributed by atoms with Crippen LogP contribution < -0.4 is 4.74 Å². The molecule has 106 valence electrons. The summed E-state index contributed by atoms with van der Waals surface area (Å²) in [5.74, 6) is 0.939. The first-order chi connectivity index (χ1) is 9.61. The number of benzene rings is 1. The number of rotatable bonds is 2. The van der Waals surface area contributed by atoms with E-state index in [1.165, 1.54) is 24.1 Å². The van der Waals surface area contributed by atoms with E-state index in [4.69, 9.17) is 9.72 Å². The van der Waals surface area contributed by atoms with Gasteiger partial charge in [0.1, 0.15) is 5.75 Å². The summed E-state index contributed by atoms with van der Waals surface area (Å²) < 4.78 is 8.84. The summed E-state index contributed by atoms with van der Waals surface area (Å²) in [7, 11) is 1.73. The molecule has 4 heteroatoms. The van der Waals surface area contributed by atoms with Crippen LogP contribution in [-0.2, 0) is 13.0 Å². The number of fused-ring (bicyclic) bond motifs is 1. The van der Waals surface area contributed by atoms with E-state index < -0.39 is 0 Å². The second-order valence-corrected chi connectivity index (χ2v) is 6.16. The van der Waals surface area contributed by atoms with Gasteiger partial charge in [0.15, 0.2) is 4.73 Å². The third-order valence-corrected chi connectivity index (χ3v) is 4.55. The van der Waals surface area contributed by atoms with E-state index in [9.17, 15) is 0 Å². The Bertz CT molecular complexity index is 661. The van der Waals surface area contributed by atoms with Gasteiger partial charge in [-0.25, -0.2) is 4.98 Å². The highest BCUT2D eigenvalue weighted by molar-refractivity contribution is 9.10. The van der Waals surface area contributed by atoms with Gasteiger partial charge < -0.3 is 9.30 Å². The number of imidazole rings is 1. The minimum Gasteiger partial charge on any atom is -0.496 e. The molecule has 0 fully saturated rings. The fourth-order valence-corrected chi connectivity index (χ4v) is 3.68. The highest BCUT2D eigenvalue weighted by Crippen LogP contribution is 2.38. The van der Waals surface area contributed by atoms with Crippen LogP contribution in [0.15, 0.2) is 16.9 Å². The summed E-state index contributed by atoms with van der Waals surface area (Å²) >= 11 is 3.59. The minimum absolute atomic E-state index is 0.934. The van der Waals surface area contributed by atoms with Crippen LogP contribution in [0.4, 0.5) is 0 Å². The molecule has 1 aromatic heterocycles. The van der Waals surface area contributed by atoms with Crippen molar-refractivity contribution >= 4 is 15.9 Å². The van der Waals surface area contributed by atoms with Crippen LogP contribution in [0.2, 0.25) is 0 Å². The molecule has 0 saturated heterocycles.